The van der Waals surface area contributed by atoms with Crippen molar-refractivity contribution in [3.63, 3.8) is 0 Å². The molecule has 1 aromatic heterocycles. The third-order valence-electron chi connectivity index (χ3n) is 3.64. The van der Waals surface area contributed by atoms with E-state index in [4.69, 9.17) is 0 Å². The van der Waals surface area contributed by atoms with Gasteiger partial charge < -0.3 is 5.32 Å². The van der Waals surface area contributed by atoms with Gasteiger partial charge in [0.25, 0.3) is 0 Å². The molecule has 1 unspecified atom stereocenters. The summed E-state index contributed by atoms with van der Waals surface area (Å²) in [5.41, 5.74) is 5.41. The fourth-order valence-corrected chi connectivity index (χ4v) is 2.44. The van der Waals surface area contributed by atoms with E-state index in [1.54, 1.807) is 0 Å². The maximum absolute atomic E-state index is 4.20. The highest BCUT2D eigenvalue weighted by Crippen LogP contribution is 2.23. The smallest absolute Gasteiger partial charge is 0.0364 e. The summed E-state index contributed by atoms with van der Waals surface area (Å²) < 4.78 is 0. The molecule has 0 aliphatic heterocycles. The van der Waals surface area contributed by atoms with Gasteiger partial charge in [0.05, 0.1) is 0 Å². The minimum atomic E-state index is 0.356. The summed E-state index contributed by atoms with van der Waals surface area (Å²) in [7, 11) is 0. The van der Waals surface area contributed by atoms with E-state index in [2.05, 4.69) is 55.3 Å². The Morgan fingerprint density at radius 1 is 1.16 bits per heavy atom. The molecule has 0 saturated carbocycles. The van der Waals surface area contributed by atoms with Gasteiger partial charge in [-0.2, -0.15) is 0 Å². The fourth-order valence-electron chi connectivity index (χ4n) is 2.44. The van der Waals surface area contributed by atoms with Gasteiger partial charge in [-0.3, -0.25) is 4.98 Å². The van der Waals surface area contributed by atoms with Gasteiger partial charge in [0.2, 0.25) is 0 Å². The normalized spacial score (nSPS) is 12.4. The standard InChI is InChI=1S/C17H22N2/c1-4-19-17(11-15-8-6-10-18-12-15)16-9-5-7-13(2)14(16)3/h5-10,12,17,19H,4,11H2,1-3H3. The molecule has 1 heterocycles. The number of likely N-dealkylation sites (N-methyl/N-ethyl adjacent to an activating group) is 1. The molecule has 0 amide bonds. The zero-order valence-electron chi connectivity index (χ0n) is 12.0. The zero-order valence-corrected chi connectivity index (χ0v) is 12.0. The van der Waals surface area contributed by atoms with Crippen LogP contribution >= 0.6 is 0 Å². The van der Waals surface area contributed by atoms with Crippen LogP contribution in [0.25, 0.3) is 0 Å². The molecule has 0 aliphatic carbocycles. The molecule has 2 nitrogen and oxygen atoms in total. The molecule has 19 heavy (non-hydrogen) atoms. The van der Waals surface area contributed by atoms with Crippen LogP contribution in [0.5, 0.6) is 0 Å². The van der Waals surface area contributed by atoms with Crippen LogP contribution < -0.4 is 5.32 Å². The molecule has 1 N–H and O–H groups in total. The lowest BCUT2D eigenvalue weighted by Crippen LogP contribution is -2.24. The highest BCUT2D eigenvalue weighted by atomic mass is 14.9. The van der Waals surface area contributed by atoms with E-state index in [-0.39, 0.29) is 0 Å². The fraction of sp³-hybridized carbons (Fsp3) is 0.353. The van der Waals surface area contributed by atoms with E-state index >= 15 is 0 Å². The van der Waals surface area contributed by atoms with Crippen molar-refractivity contribution < 1.29 is 0 Å². The Balaban J connectivity index is 2.27. The van der Waals surface area contributed by atoms with Crippen molar-refractivity contribution in [2.45, 2.75) is 33.2 Å². The Morgan fingerprint density at radius 2 is 2.00 bits per heavy atom. The van der Waals surface area contributed by atoms with E-state index in [9.17, 15) is 0 Å². The largest absolute Gasteiger partial charge is 0.310 e. The number of aromatic nitrogens is 1. The average Bonchev–Trinajstić information content (AvgIpc) is 2.43. The van der Waals surface area contributed by atoms with E-state index in [0.717, 1.165) is 13.0 Å². The second-order valence-corrected chi connectivity index (χ2v) is 4.96. The number of aryl methyl sites for hydroxylation is 1. The lowest BCUT2D eigenvalue weighted by molar-refractivity contribution is 0.546. The van der Waals surface area contributed by atoms with Gasteiger partial charge in [-0.25, -0.2) is 0 Å². The average molecular weight is 254 g/mol. The molecule has 0 bridgehead atoms. The SMILES string of the molecule is CCNC(Cc1cccnc1)c1cccc(C)c1C. The summed E-state index contributed by atoms with van der Waals surface area (Å²) in [5.74, 6) is 0. The molecule has 0 spiro atoms. The van der Waals surface area contributed by atoms with Crippen LogP contribution in [0.2, 0.25) is 0 Å². The predicted molar refractivity (Wildman–Crippen MR) is 80.3 cm³/mol. The Labute approximate surface area is 115 Å². The number of hydrogen-bond acceptors (Lipinski definition) is 2. The predicted octanol–water partition coefficient (Wildman–Crippen LogP) is 3.59. The monoisotopic (exact) mass is 254 g/mol. The van der Waals surface area contributed by atoms with Crippen LogP contribution in [0.4, 0.5) is 0 Å². The molecule has 0 aliphatic rings. The molecular formula is C17H22N2. The number of pyridine rings is 1. The van der Waals surface area contributed by atoms with Crippen LogP contribution in [-0.2, 0) is 6.42 Å². The summed E-state index contributed by atoms with van der Waals surface area (Å²) in [5, 5.41) is 3.59. The summed E-state index contributed by atoms with van der Waals surface area (Å²) >= 11 is 0. The summed E-state index contributed by atoms with van der Waals surface area (Å²) in [6.07, 6.45) is 4.76. The topological polar surface area (TPSA) is 24.9 Å². The quantitative estimate of drug-likeness (QED) is 0.882. The van der Waals surface area contributed by atoms with Crippen molar-refractivity contribution in [3.05, 3.63) is 65.0 Å². The minimum Gasteiger partial charge on any atom is -0.310 e. The number of hydrogen-bond donors (Lipinski definition) is 1. The lowest BCUT2D eigenvalue weighted by Gasteiger charge is -2.21. The Hall–Kier alpha value is -1.67. The number of rotatable bonds is 5. The third-order valence-corrected chi connectivity index (χ3v) is 3.64. The van der Waals surface area contributed by atoms with Gasteiger partial charge in [0.1, 0.15) is 0 Å². The van der Waals surface area contributed by atoms with Gasteiger partial charge in [-0.05, 0) is 55.1 Å². The Morgan fingerprint density at radius 3 is 2.68 bits per heavy atom. The highest BCUT2D eigenvalue weighted by molar-refractivity contribution is 5.36. The van der Waals surface area contributed by atoms with Crippen LogP contribution in [0, 0.1) is 13.8 Å². The zero-order chi connectivity index (χ0) is 13.7. The Bertz CT molecular complexity index is 520. The van der Waals surface area contributed by atoms with E-state index < -0.39 is 0 Å². The van der Waals surface area contributed by atoms with E-state index in [1.807, 2.05) is 18.5 Å². The first-order valence-corrected chi connectivity index (χ1v) is 6.90. The van der Waals surface area contributed by atoms with Crippen LogP contribution in [0.3, 0.4) is 0 Å². The van der Waals surface area contributed by atoms with Crippen molar-refractivity contribution in [1.29, 1.82) is 0 Å². The maximum Gasteiger partial charge on any atom is 0.0364 e. The molecule has 2 heteroatoms. The van der Waals surface area contributed by atoms with Crippen LogP contribution in [0.1, 0.15) is 35.2 Å². The number of nitrogens with one attached hydrogen (secondary N) is 1. The van der Waals surface area contributed by atoms with Gasteiger partial charge >= 0.3 is 0 Å². The first-order valence-electron chi connectivity index (χ1n) is 6.90. The van der Waals surface area contributed by atoms with Crippen LogP contribution in [-0.4, -0.2) is 11.5 Å². The van der Waals surface area contributed by atoms with E-state index in [1.165, 1.54) is 22.3 Å². The molecular weight excluding hydrogens is 232 g/mol. The minimum absolute atomic E-state index is 0.356. The highest BCUT2D eigenvalue weighted by Gasteiger charge is 2.14. The van der Waals surface area contributed by atoms with Crippen molar-refractivity contribution >= 4 is 0 Å². The Kier molecular flexibility index (Phi) is 4.69. The van der Waals surface area contributed by atoms with E-state index in [0.29, 0.717) is 6.04 Å². The summed E-state index contributed by atoms with van der Waals surface area (Å²) in [6, 6.07) is 11.0. The molecule has 100 valence electrons. The molecule has 0 fully saturated rings. The molecule has 2 aromatic rings. The molecule has 1 aromatic carbocycles. The summed E-state index contributed by atoms with van der Waals surface area (Å²) in [4.78, 5) is 4.20. The second kappa shape index (κ2) is 6.48. The van der Waals surface area contributed by atoms with Crippen LogP contribution in [0.15, 0.2) is 42.7 Å². The first-order chi connectivity index (χ1) is 9.22. The van der Waals surface area contributed by atoms with Gasteiger partial charge in [-0.15, -0.1) is 0 Å². The molecule has 2 rings (SSSR count). The van der Waals surface area contributed by atoms with Crippen molar-refractivity contribution in [2.75, 3.05) is 6.54 Å². The van der Waals surface area contributed by atoms with Crippen molar-refractivity contribution in [1.82, 2.24) is 10.3 Å². The third kappa shape index (κ3) is 3.42. The molecule has 0 saturated heterocycles. The van der Waals surface area contributed by atoms with Crippen molar-refractivity contribution in [2.24, 2.45) is 0 Å². The molecule has 0 radical (unpaired) electrons. The van der Waals surface area contributed by atoms with Crippen molar-refractivity contribution in [3.8, 4) is 0 Å². The first kappa shape index (κ1) is 13.8. The van der Waals surface area contributed by atoms with Gasteiger partial charge in [-0.1, -0.05) is 31.2 Å². The van der Waals surface area contributed by atoms with Gasteiger partial charge in [0.15, 0.2) is 0 Å². The summed E-state index contributed by atoms with van der Waals surface area (Å²) in [6.45, 7) is 7.50. The number of nitrogens with zero attached hydrogens (tertiary/aromatic N) is 1. The maximum atomic E-state index is 4.20. The number of benzene rings is 1. The van der Waals surface area contributed by atoms with Gasteiger partial charge in [0, 0.05) is 18.4 Å². The lowest BCUT2D eigenvalue weighted by atomic mass is 9.93. The second-order valence-electron chi connectivity index (χ2n) is 4.96. The molecule has 1 atom stereocenters.